The normalized spacial score (nSPS) is 16.1. The second kappa shape index (κ2) is 5.66. The molecule has 3 heteroatoms. The van der Waals surface area contributed by atoms with E-state index in [0.29, 0.717) is 0 Å². The Morgan fingerprint density at radius 1 is 1.19 bits per heavy atom. The molecule has 0 radical (unpaired) electrons. The van der Waals surface area contributed by atoms with Crippen molar-refractivity contribution in [3.8, 4) is 0 Å². The number of ether oxygens (including phenoxy) is 1. The van der Waals surface area contributed by atoms with Crippen molar-refractivity contribution >= 4 is 5.84 Å². The van der Waals surface area contributed by atoms with E-state index in [-0.39, 0.29) is 0 Å². The molecule has 3 nitrogen and oxygen atoms in total. The predicted molar refractivity (Wildman–Crippen MR) is 64.9 cm³/mol. The lowest BCUT2D eigenvalue weighted by Crippen LogP contribution is -2.40. The second-order valence-corrected chi connectivity index (χ2v) is 4.03. The van der Waals surface area contributed by atoms with Gasteiger partial charge in [-0.2, -0.15) is 0 Å². The number of rotatable bonds is 3. The molecule has 1 N–H and O–H groups in total. The molecule has 2 rings (SSSR count). The zero-order chi connectivity index (χ0) is 11.2. The molecular formula is C13H18N2O. The van der Waals surface area contributed by atoms with Crippen LogP contribution in [0.1, 0.15) is 12.0 Å². The van der Waals surface area contributed by atoms with E-state index < -0.39 is 0 Å². The summed E-state index contributed by atoms with van der Waals surface area (Å²) < 4.78 is 5.27. The molecule has 0 atom stereocenters. The van der Waals surface area contributed by atoms with Crippen LogP contribution in [0.25, 0.3) is 0 Å². The summed E-state index contributed by atoms with van der Waals surface area (Å²) in [5.74, 6) is 0.743. The monoisotopic (exact) mass is 218 g/mol. The lowest BCUT2D eigenvalue weighted by atomic mass is 10.1. The summed E-state index contributed by atoms with van der Waals surface area (Å²) in [6, 6.07) is 10.4. The Morgan fingerprint density at radius 3 is 2.56 bits per heavy atom. The predicted octanol–water partition coefficient (Wildman–Crippen LogP) is 1.93. The van der Waals surface area contributed by atoms with Crippen LogP contribution < -0.4 is 0 Å². The van der Waals surface area contributed by atoms with Crippen LogP contribution in [0.2, 0.25) is 0 Å². The highest BCUT2D eigenvalue weighted by molar-refractivity contribution is 5.79. The van der Waals surface area contributed by atoms with Gasteiger partial charge in [-0.3, -0.25) is 5.41 Å². The number of amidine groups is 1. The Kier molecular flexibility index (Phi) is 3.94. The summed E-state index contributed by atoms with van der Waals surface area (Å²) in [4.78, 5) is 2.12. The number of morpholine rings is 1. The molecular weight excluding hydrogens is 200 g/mol. The molecule has 0 spiro atoms. The van der Waals surface area contributed by atoms with Gasteiger partial charge in [0.15, 0.2) is 0 Å². The van der Waals surface area contributed by atoms with Crippen molar-refractivity contribution in [1.29, 1.82) is 5.41 Å². The van der Waals surface area contributed by atoms with E-state index in [1.807, 2.05) is 18.2 Å². The molecule has 0 unspecified atom stereocenters. The van der Waals surface area contributed by atoms with Gasteiger partial charge in [0, 0.05) is 19.5 Å². The van der Waals surface area contributed by atoms with Crippen LogP contribution >= 0.6 is 0 Å². The molecule has 1 heterocycles. The number of hydrogen-bond acceptors (Lipinski definition) is 2. The molecule has 86 valence electrons. The van der Waals surface area contributed by atoms with Crippen molar-refractivity contribution in [3.05, 3.63) is 35.9 Å². The van der Waals surface area contributed by atoms with Crippen molar-refractivity contribution in [1.82, 2.24) is 4.90 Å². The number of aryl methyl sites for hydroxylation is 1. The molecule has 0 saturated carbocycles. The van der Waals surface area contributed by atoms with Crippen LogP contribution in [0.15, 0.2) is 30.3 Å². The Balaban J connectivity index is 1.79. The second-order valence-electron chi connectivity index (χ2n) is 4.03. The van der Waals surface area contributed by atoms with E-state index in [1.165, 1.54) is 5.56 Å². The minimum atomic E-state index is 0.743. The minimum Gasteiger partial charge on any atom is -0.378 e. The highest BCUT2D eigenvalue weighted by atomic mass is 16.5. The summed E-state index contributed by atoms with van der Waals surface area (Å²) in [6.45, 7) is 3.25. The van der Waals surface area contributed by atoms with Crippen LogP contribution in [0.5, 0.6) is 0 Å². The van der Waals surface area contributed by atoms with E-state index in [9.17, 15) is 0 Å². The number of hydrogen-bond donors (Lipinski definition) is 1. The molecule has 1 saturated heterocycles. The fraction of sp³-hybridized carbons (Fsp3) is 0.462. The third kappa shape index (κ3) is 3.07. The van der Waals surface area contributed by atoms with Gasteiger partial charge in [0.25, 0.3) is 0 Å². The highest BCUT2D eigenvalue weighted by Gasteiger charge is 2.13. The highest BCUT2D eigenvalue weighted by Crippen LogP contribution is 2.06. The minimum absolute atomic E-state index is 0.743. The quantitative estimate of drug-likeness (QED) is 0.621. The van der Waals surface area contributed by atoms with Crippen molar-refractivity contribution in [2.45, 2.75) is 12.8 Å². The maximum atomic E-state index is 8.00. The van der Waals surface area contributed by atoms with Gasteiger partial charge >= 0.3 is 0 Å². The summed E-state index contributed by atoms with van der Waals surface area (Å²) in [6.07, 6.45) is 1.78. The van der Waals surface area contributed by atoms with E-state index in [1.54, 1.807) is 0 Å². The Hall–Kier alpha value is -1.35. The van der Waals surface area contributed by atoms with E-state index >= 15 is 0 Å². The first-order valence-corrected chi connectivity index (χ1v) is 5.80. The van der Waals surface area contributed by atoms with Crippen LogP contribution in [-0.4, -0.2) is 37.0 Å². The SMILES string of the molecule is N=C(CCc1ccccc1)N1CCOCC1. The standard InChI is InChI=1S/C13H18N2O/c14-13(15-8-10-16-11-9-15)7-6-12-4-2-1-3-5-12/h1-5,14H,6-11H2. The Labute approximate surface area is 96.5 Å². The van der Waals surface area contributed by atoms with E-state index in [2.05, 4.69) is 17.0 Å². The first kappa shape index (κ1) is 11.1. The lowest BCUT2D eigenvalue weighted by molar-refractivity contribution is 0.0668. The van der Waals surface area contributed by atoms with Gasteiger partial charge in [-0.25, -0.2) is 0 Å². The van der Waals surface area contributed by atoms with Gasteiger partial charge in [0.2, 0.25) is 0 Å². The topological polar surface area (TPSA) is 36.3 Å². The largest absolute Gasteiger partial charge is 0.378 e. The van der Waals surface area contributed by atoms with Crippen molar-refractivity contribution in [2.24, 2.45) is 0 Å². The van der Waals surface area contributed by atoms with Crippen LogP contribution in [0.4, 0.5) is 0 Å². The summed E-state index contributed by atoms with van der Waals surface area (Å²) >= 11 is 0. The van der Waals surface area contributed by atoms with Gasteiger partial charge in [-0.1, -0.05) is 30.3 Å². The molecule has 1 aliphatic rings. The number of nitrogens with one attached hydrogen (secondary N) is 1. The number of benzene rings is 1. The molecule has 0 amide bonds. The zero-order valence-corrected chi connectivity index (χ0v) is 9.48. The van der Waals surface area contributed by atoms with Gasteiger partial charge in [-0.05, 0) is 12.0 Å². The average molecular weight is 218 g/mol. The summed E-state index contributed by atoms with van der Waals surface area (Å²) in [7, 11) is 0. The third-order valence-corrected chi connectivity index (χ3v) is 2.89. The van der Waals surface area contributed by atoms with Gasteiger partial charge < -0.3 is 9.64 Å². The average Bonchev–Trinajstić information content (AvgIpc) is 2.38. The van der Waals surface area contributed by atoms with Gasteiger partial charge in [0.05, 0.1) is 19.0 Å². The van der Waals surface area contributed by atoms with E-state index in [4.69, 9.17) is 10.1 Å². The molecule has 1 aliphatic heterocycles. The van der Waals surface area contributed by atoms with Gasteiger partial charge in [0.1, 0.15) is 0 Å². The van der Waals surface area contributed by atoms with Crippen molar-refractivity contribution in [2.75, 3.05) is 26.3 Å². The number of nitrogens with zero attached hydrogens (tertiary/aromatic N) is 1. The lowest BCUT2D eigenvalue weighted by Gasteiger charge is -2.29. The molecule has 0 bridgehead atoms. The zero-order valence-electron chi connectivity index (χ0n) is 9.48. The maximum absolute atomic E-state index is 8.00. The third-order valence-electron chi connectivity index (χ3n) is 2.89. The summed E-state index contributed by atoms with van der Waals surface area (Å²) in [5, 5.41) is 8.00. The Morgan fingerprint density at radius 2 is 1.88 bits per heavy atom. The maximum Gasteiger partial charge on any atom is 0.0962 e. The van der Waals surface area contributed by atoms with Crippen molar-refractivity contribution in [3.63, 3.8) is 0 Å². The first-order chi connectivity index (χ1) is 7.86. The smallest absolute Gasteiger partial charge is 0.0962 e. The molecule has 1 fully saturated rings. The first-order valence-electron chi connectivity index (χ1n) is 5.80. The molecule has 0 aromatic heterocycles. The van der Waals surface area contributed by atoms with Gasteiger partial charge in [-0.15, -0.1) is 0 Å². The van der Waals surface area contributed by atoms with Crippen LogP contribution in [0, 0.1) is 5.41 Å². The van der Waals surface area contributed by atoms with Crippen molar-refractivity contribution < 1.29 is 4.74 Å². The molecule has 1 aromatic carbocycles. The molecule has 16 heavy (non-hydrogen) atoms. The fourth-order valence-electron chi connectivity index (χ4n) is 1.90. The molecule has 1 aromatic rings. The molecule has 0 aliphatic carbocycles. The van der Waals surface area contributed by atoms with Crippen LogP contribution in [-0.2, 0) is 11.2 Å². The summed E-state index contributed by atoms with van der Waals surface area (Å²) in [5.41, 5.74) is 1.31. The fourth-order valence-corrected chi connectivity index (χ4v) is 1.90. The van der Waals surface area contributed by atoms with E-state index in [0.717, 1.165) is 45.0 Å². The Bertz CT molecular complexity index is 331. The van der Waals surface area contributed by atoms with Crippen LogP contribution in [0.3, 0.4) is 0 Å².